The van der Waals surface area contributed by atoms with Crippen LogP contribution in [0.15, 0.2) is 11.1 Å². The summed E-state index contributed by atoms with van der Waals surface area (Å²) in [6.07, 6.45) is 5.76. The van der Waals surface area contributed by atoms with E-state index in [-0.39, 0.29) is 17.8 Å². The van der Waals surface area contributed by atoms with Crippen LogP contribution in [0, 0.1) is 41.9 Å². The number of carbonyl (C=O) groups excluding carboxylic acids is 1. The average Bonchev–Trinajstić information content (AvgIpc) is 2.48. The van der Waals surface area contributed by atoms with Crippen LogP contribution in [-0.4, -0.2) is 40.4 Å². The minimum Gasteiger partial charge on any atom is -0.392 e. The van der Waals surface area contributed by atoms with E-state index in [0.29, 0.717) is 19.4 Å². The molecule has 0 aromatic carbocycles. The first kappa shape index (κ1) is 16.7. The van der Waals surface area contributed by atoms with Gasteiger partial charge in [0, 0.05) is 17.8 Å². The predicted octanol–water partition coefficient (Wildman–Crippen LogP) is 2.02. The van der Waals surface area contributed by atoms with Crippen LogP contribution in [0.5, 0.6) is 0 Å². The van der Waals surface area contributed by atoms with Crippen molar-refractivity contribution in [1.82, 2.24) is 0 Å². The molecule has 2 bridgehead atoms. The molecule has 3 aliphatic carbocycles. The van der Waals surface area contributed by atoms with Gasteiger partial charge in [-0.05, 0) is 39.0 Å². The number of ketones is 1. The number of aliphatic hydroxyl groups excluding tert-OH is 1. The van der Waals surface area contributed by atoms with E-state index in [1.165, 1.54) is 0 Å². The van der Waals surface area contributed by atoms with Gasteiger partial charge in [0.05, 0.1) is 36.3 Å². The minimum absolute atomic E-state index is 0.0473. The van der Waals surface area contributed by atoms with Crippen LogP contribution in [0.1, 0.15) is 40.5 Å². The third-order valence-electron chi connectivity index (χ3n) is 7.19. The first-order valence-electron chi connectivity index (χ1n) is 8.78. The number of rotatable bonds is 0. The van der Waals surface area contributed by atoms with Crippen molar-refractivity contribution in [2.24, 2.45) is 16.7 Å². The fraction of sp³-hybridized carbons (Fsp3) is 0.650. The van der Waals surface area contributed by atoms with Crippen molar-refractivity contribution < 1.29 is 19.7 Å². The van der Waals surface area contributed by atoms with Gasteiger partial charge >= 0.3 is 0 Å². The summed E-state index contributed by atoms with van der Waals surface area (Å²) in [5, 5.41) is 22.3. The van der Waals surface area contributed by atoms with Crippen molar-refractivity contribution in [2.75, 3.05) is 6.61 Å². The van der Waals surface area contributed by atoms with E-state index in [4.69, 9.17) is 4.74 Å². The Hall–Kier alpha value is -0.710. The van der Waals surface area contributed by atoms with Crippen molar-refractivity contribution in [3.8, 4) is 0 Å². The van der Waals surface area contributed by atoms with E-state index >= 15 is 0 Å². The lowest BCUT2D eigenvalue weighted by Crippen LogP contribution is -2.65. The van der Waals surface area contributed by atoms with Crippen molar-refractivity contribution in [2.45, 2.75) is 58.3 Å². The highest BCUT2D eigenvalue weighted by atomic mass is 16.5. The normalized spacial score (nSPS) is 48.1. The molecule has 0 aromatic rings. The SMILES string of the molecule is CC1=C2[CH]C(=O)[C@@]3(C)[C@H]([CH][C@](O)(C[CH]1)C2(C)C)[C]1CO[C@@H]1C[C@@H]3O. The molecule has 4 heteroatoms. The molecule has 1 heterocycles. The van der Waals surface area contributed by atoms with Gasteiger partial charge in [-0.15, -0.1) is 0 Å². The number of fused-ring (bicyclic) bond motifs is 5. The highest BCUT2D eigenvalue weighted by Gasteiger charge is 2.64. The van der Waals surface area contributed by atoms with Crippen molar-refractivity contribution in [3.63, 3.8) is 0 Å². The summed E-state index contributed by atoms with van der Waals surface area (Å²) in [7, 11) is 0. The molecule has 4 nitrogen and oxygen atoms in total. The number of aliphatic hydroxyl groups is 2. The zero-order valence-corrected chi connectivity index (χ0v) is 14.8. The number of hydrogen-bond acceptors (Lipinski definition) is 4. The van der Waals surface area contributed by atoms with Gasteiger partial charge in [-0.3, -0.25) is 4.79 Å². The highest BCUT2D eigenvalue weighted by Crippen LogP contribution is 2.60. The Kier molecular flexibility index (Phi) is 3.44. The van der Waals surface area contributed by atoms with Gasteiger partial charge in [0.25, 0.3) is 0 Å². The van der Waals surface area contributed by atoms with Gasteiger partial charge in [-0.2, -0.15) is 0 Å². The van der Waals surface area contributed by atoms with Crippen LogP contribution < -0.4 is 0 Å². The molecule has 1 aliphatic heterocycles. The highest BCUT2D eigenvalue weighted by molar-refractivity contribution is 5.97. The fourth-order valence-corrected chi connectivity index (χ4v) is 4.98. The van der Waals surface area contributed by atoms with Crippen LogP contribution in [-0.2, 0) is 9.53 Å². The summed E-state index contributed by atoms with van der Waals surface area (Å²) in [4.78, 5) is 13.2. The third-order valence-corrected chi connectivity index (χ3v) is 7.19. The van der Waals surface area contributed by atoms with E-state index < -0.39 is 22.5 Å². The predicted molar refractivity (Wildman–Crippen MR) is 89.2 cm³/mol. The van der Waals surface area contributed by atoms with Crippen LogP contribution in [0.3, 0.4) is 0 Å². The van der Waals surface area contributed by atoms with Crippen LogP contribution >= 0.6 is 0 Å². The molecule has 2 saturated carbocycles. The van der Waals surface area contributed by atoms with Crippen LogP contribution in [0.2, 0.25) is 0 Å². The van der Waals surface area contributed by atoms with Gasteiger partial charge in [-0.25, -0.2) is 0 Å². The fourth-order valence-electron chi connectivity index (χ4n) is 4.98. The second kappa shape index (κ2) is 4.93. The van der Waals surface area contributed by atoms with Crippen LogP contribution in [0.25, 0.3) is 0 Å². The van der Waals surface area contributed by atoms with Crippen LogP contribution in [0.4, 0.5) is 0 Å². The summed E-state index contributed by atoms with van der Waals surface area (Å²) in [6.45, 7) is 8.35. The quantitative estimate of drug-likeness (QED) is 0.713. The van der Waals surface area contributed by atoms with Crippen molar-refractivity contribution in [3.05, 3.63) is 36.3 Å². The molecule has 3 fully saturated rings. The number of ether oxygens (including phenoxy) is 1. The molecule has 4 rings (SSSR count). The maximum atomic E-state index is 13.2. The van der Waals surface area contributed by atoms with E-state index in [2.05, 4.69) is 0 Å². The monoisotopic (exact) mass is 330 g/mol. The van der Waals surface area contributed by atoms with Gasteiger partial charge in [0.15, 0.2) is 0 Å². The average molecular weight is 330 g/mol. The third kappa shape index (κ3) is 1.88. The topological polar surface area (TPSA) is 66.8 Å². The first-order chi connectivity index (χ1) is 11.1. The Balaban J connectivity index is 1.85. The lowest BCUT2D eigenvalue weighted by atomic mass is 9.48. The van der Waals surface area contributed by atoms with E-state index in [0.717, 1.165) is 17.1 Å². The lowest BCUT2D eigenvalue weighted by Gasteiger charge is -2.60. The van der Waals surface area contributed by atoms with Gasteiger partial charge in [-0.1, -0.05) is 25.0 Å². The number of carbonyl (C=O) groups is 1. The summed E-state index contributed by atoms with van der Waals surface area (Å²) in [5.74, 6) is 0.832. The number of Topliss-reactive ketones (excluding diaryl/α,β-unsaturated/α-hetero) is 1. The molecule has 24 heavy (non-hydrogen) atoms. The molecular weight excluding hydrogens is 304 g/mol. The molecule has 2 N–H and O–H groups in total. The van der Waals surface area contributed by atoms with Crippen molar-refractivity contribution >= 4 is 5.78 Å². The molecule has 5 atom stereocenters. The van der Waals surface area contributed by atoms with Crippen molar-refractivity contribution in [1.29, 1.82) is 0 Å². The summed E-state index contributed by atoms with van der Waals surface area (Å²) in [5.41, 5.74) is -0.609. The maximum absolute atomic E-state index is 13.2. The molecule has 0 amide bonds. The molecule has 4 aliphatic rings. The summed E-state index contributed by atoms with van der Waals surface area (Å²) >= 11 is 0. The Morgan fingerprint density at radius 2 is 2.00 bits per heavy atom. The molecule has 1 saturated heterocycles. The molecule has 130 valence electrons. The Bertz CT molecular complexity index is 621. The zero-order valence-electron chi connectivity index (χ0n) is 14.8. The maximum Gasteiger partial charge on any atom is 0.149 e. The Labute approximate surface area is 144 Å². The van der Waals surface area contributed by atoms with E-state index in [1.54, 1.807) is 6.42 Å². The second-order valence-electron chi connectivity index (χ2n) is 8.62. The summed E-state index contributed by atoms with van der Waals surface area (Å²) in [6, 6.07) is 0. The minimum atomic E-state index is -1.05. The lowest BCUT2D eigenvalue weighted by molar-refractivity contribution is -0.167. The molecule has 4 radical (unpaired) electrons. The van der Waals surface area contributed by atoms with Gasteiger partial charge < -0.3 is 14.9 Å². The zero-order chi connectivity index (χ0) is 17.5. The molecular formula is C20H26O4. The smallest absolute Gasteiger partial charge is 0.149 e. The first-order valence-corrected chi connectivity index (χ1v) is 8.78. The van der Waals surface area contributed by atoms with E-state index in [1.807, 2.05) is 40.5 Å². The standard InChI is InChI=1S/C20H26O4/c1-11-5-6-20(23)9-14-12-10-24-15(12)8-17(22)19(14,4)16(21)7-13(11)18(20,2)3/h5,7,9,14-15,17,22-23H,6,8,10H2,1-4H3/t14-,15-,17+,19-,20-/m1/s1. The van der Waals surface area contributed by atoms with Gasteiger partial charge in [0.2, 0.25) is 0 Å². The number of allylic oxidation sites excluding steroid dienone is 1. The molecule has 0 unspecified atom stereocenters. The largest absolute Gasteiger partial charge is 0.392 e. The number of hydrogen-bond donors (Lipinski definition) is 2. The molecule has 0 aromatic heterocycles. The Morgan fingerprint density at radius 3 is 2.62 bits per heavy atom. The van der Waals surface area contributed by atoms with E-state index in [9.17, 15) is 15.0 Å². The molecule has 0 spiro atoms. The summed E-state index contributed by atoms with van der Waals surface area (Å²) < 4.78 is 5.58. The Morgan fingerprint density at radius 1 is 1.29 bits per heavy atom. The second-order valence-corrected chi connectivity index (χ2v) is 8.62. The van der Waals surface area contributed by atoms with Gasteiger partial charge in [0.1, 0.15) is 5.78 Å².